The van der Waals surface area contributed by atoms with Crippen molar-refractivity contribution in [3.8, 4) is 0 Å². The van der Waals surface area contributed by atoms with Crippen LogP contribution < -0.4 is 5.32 Å². The van der Waals surface area contributed by atoms with Crippen LogP contribution in [0, 0.1) is 5.92 Å². The fourth-order valence-corrected chi connectivity index (χ4v) is 1.82. The van der Waals surface area contributed by atoms with Gasteiger partial charge in [-0.1, -0.05) is 13.8 Å². The molecule has 2 heterocycles. The van der Waals surface area contributed by atoms with E-state index in [0.29, 0.717) is 5.92 Å². The van der Waals surface area contributed by atoms with Gasteiger partial charge < -0.3 is 5.32 Å². The molecule has 0 saturated carbocycles. The van der Waals surface area contributed by atoms with Gasteiger partial charge in [0.05, 0.1) is 6.20 Å². The van der Waals surface area contributed by atoms with Gasteiger partial charge in [-0.15, -0.1) is 0 Å². The van der Waals surface area contributed by atoms with E-state index in [0.717, 1.165) is 26.1 Å². The Morgan fingerprint density at radius 3 is 3.23 bits per heavy atom. The summed E-state index contributed by atoms with van der Waals surface area (Å²) >= 11 is 0. The highest BCUT2D eigenvalue weighted by Gasteiger charge is 2.14. The lowest BCUT2D eigenvalue weighted by atomic mass is 10.1. The van der Waals surface area contributed by atoms with Crippen molar-refractivity contribution in [1.82, 2.24) is 15.1 Å². The molecule has 0 aliphatic carbocycles. The average Bonchev–Trinajstić information content (AvgIpc) is 2.48. The second kappa shape index (κ2) is 3.50. The van der Waals surface area contributed by atoms with Crippen molar-refractivity contribution in [2.24, 2.45) is 5.92 Å². The zero-order chi connectivity index (χ0) is 9.26. The van der Waals surface area contributed by atoms with E-state index >= 15 is 0 Å². The number of hydrogen-bond donors (Lipinski definition) is 1. The van der Waals surface area contributed by atoms with Crippen molar-refractivity contribution in [2.45, 2.75) is 33.4 Å². The number of fused-ring (bicyclic) bond motifs is 1. The molecule has 1 N–H and O–H groups in total. The summed E-state index contributed by atoms with van der Waals surface area (Å²) in [6.45, 7) is 7.60. The number of hydrogen-bond acceptors (Lipinski definition) is 2. The van der Waals surface area contributed by atoms with Gasteiger partial charge in [0.2, 0.25) is 0 Å². The van der Waals surface area contributed by atoms with Gasteiger partial charge in [-0.2, -0.15) is 5.10 Å². The van der Waals surface area contributed by atoms with Crippen LogP contribution in [0.2, 0.25) is 0 Å². The molecule has 0 unspecified atom stereocenters. The van der Waals surface area contributed by atoms with Crippen LogP contribution in [-0.2, 0) is 19.5 Å². The SMILES string of the molecule is CC(C)Cn1ncc2c1CCNC2. The first-order valence-corrected chi connectivity index (χ1v) is 5.01. The van der Waals surface area contributed by atoms with Gasteiger partial charge in [-0.05, 0) is 5.92 Å². The molecule has 0 radical (unpaired) electrons. The third-order valence-electron chi connectivity index (χ3n) is 2.43. The van der Waals surface area contributed by atoms with Crippen LogP contribution in [0.25, 0.3) is 0 Å². The third-order valence-corrected chi connectivity index (χ3v) is 2.43. The van der Waals surface area contributed by atoms with Crippen molar-refractivity contribution in [3.63, 3.8) is 0 Å². The van der Waals surface area contributed by atoms with Gasteiger partial charge in [0.15, 0.2) is 0 Å². The van der Waals surface area contributed by atoms with Crippen molar-refractivity contribution in [2.75, 3.05) is 6.54 Å². The molecule has 1 aliphatic heterocycles. The molecule has 0 fully saturated rings. The molecule has 0 aromatic carbocycles. The fraction of sp³-hybridized carbons (Fsp3) is 0.700. The van der Waals surface area contributed by atoms with E-state index in [1.54, 1.807) is 0 Å². The maximum absolute atomic E-state index is 4.41. The van der Waals surface area contributed by atoms with Crippen LogP contribution in [-0.4, -0.2) is 16.3 Å². The van der Waals surface area contributed by atoms with E-state index in [2.05, 4.69) is 28.9 Å². The maximum Gasteiger partial charge on any atom is 0.0537 e. The predicted octanol–water partition coefficient (Wildman–Crippen LogP) is 1.18. The van der Waals surface area contributed by atoms with Crippen molar-refractivity contribution in [3.05, 3.63) is 17.5 Å². The smallest absolute Gasteiger partial charge is 0.0537 e. The summed E-state index contributed by atoms with van der Waals surface area (Å²) < 4.78 is 2.17. The molecule has 0 spiro atoms. The Kier molecular flexibility index (Phi) is 2.36. The standard InChI is InChI=1S/C10H17N3/c1-8(2)7-13-10-3-4-11-5-9(10)6-12-13/h6,8,11H,3-5,7H2,1-2H3. The van der Waals surface area contributed by atoms with Crippen LogP contribution in [0.3, 0.4) is 0 Å². The summed E-state index contributed by atoms with van der Waals surface area (Å²) in [6, 6.07) is 0. The van der Waals surface area contributed by atoms with E-state index in [9.17, 15) is 0 Å². The quantitative estimate of drug-likeness (QED) is 0.739. The summed E-state index contributed by atoms with van der Waals surface area (Å²) in [4.78, 5) is 0. The Morgan fingerprint density at radius 1 is 1.62 bits per heavy atom. The van der Waals surface area contributed by atoms with Gasteiger partial charge >= 0.3 is 0 Å². The molecule has 1 aliphatic rings. The lowest BCUT2D eigenvalue weighted by Gasteiger charge is -2.16. The Labute approximate surface area is 79.1 Å². The van der Waals surface area contributed by atoms with Crippen LogP contribution >= 0.6 is 0 Å². The number of aromatic nitrogens is 2. The molecule has 0 saturated heterocycles. The van der Waals surface area contributed by atoms with Crippen LogP contribution in [0.1, 0.15) is 25.1 Å². The minimum atomic E-state index is 0.680. The summed E-state index contributed by atoms with van der Waals surface area (Å²) in [5, 5.41) is 7.77. The van der Waals surface area contributed by atoms with Gasteiger partial charge in [-0.25, -0.2) is 0 Å². The lowest BCUT2D eigenvalue weighted by molar-refractivity contribution is 0.460. The Bertz CT molecular complexity index is 288. The van der Waals surface area contributed by atoms with Crippen molar-refractivity contribution < 1.29 is 0 Å². The fourth-order valence-electron chi connectivity index (χ4n) is 1.82. The number of rotatable bonds is 2. The minimum Gasteiger partial charge on any atom is -0.312 e. The zero-order valence-electron chi connectivity index (χ0n) is 8.38. The molecule has 13 heavy (non-hydrogen) atoms. The molecule has 3 heteroatoms. The van der Waals surface area contributed by atoms with Crippen LogP contribution in [0.15, 0.2) is 6.20 Å². The minimum absolute atomic E-state index is 0.680. The second-order valence-corrected chi connectivity index (χ2v) is 4.12. The Morgan fingerprint density at radius 2 is 2.46 bits per heavy atom. The molecule has 0 amide bonds. The highest BCUT2D eigenvalue weighted by molar-refractivity contribution is 5.20. The summed E-state index contributed by atoms with van der Waals surface area (Å²) in [6.07, 6.45) is 3.13. The molecule has 3 nitrogen and oxygen atoms in total. The molecule has 2 rings (SSSR count). The highest BCUT2D eigenvalue weighted by atomic mass is 15.3. The molecular weight excluding hydrogens is 162 g/mol. The van der Waals surface area contributed by atoms with E-state index < -0.39 is 0 Å². The van der Waals surface area contributed by atoms with Crippen molar-refractivity contribution >= 4 is 0 Å². The third kappa shape index (κ3) is 1.75. The topological polar surface area (TPSA) is 29.9 Å². The zero-order valence-corrected chi connectivity index (χ0v) is 8.38. The lowest BCUT2D eigenvalue weighted by Crippen LogP contribution is -2.25. The molecular formula is C10H17N3. The monoisotopic (exact) mass is 179 g/mol. The van der Waals surface area contributed by atoms with Crippen LogP contribution in [0.4, 0.5) is 0 Å². The van der Waals surface area contributed by atoms with Gasteiger partial charge in [0.25, 0.3) is 0 Å². The van der Waals surface area contributed by atoms with E-state index in [1.807, 2.05) is 6.20 Å². The van der Waals surface area contributed by atoms with E-state index in [-0.39, 0.29) is 0 Å². The van der Waals surface area contributed by atoms with Gasteiger partial charge in [0, 0.05) is 37.3 Å². The van der Waals surface area contributed by atoms with E-state index in [4.69, 9.17) is 0 Å². The van der Waals surface area contributed by atoms with E-state index in [1.165, 1.54) is 11.3 Å². The number of nitrogens with one attached hydrogen (secondary N) is 1. The predicted molar refractivity (Wildman–Crippen MR) is 52.5 cm³/mol. The normalized spacial score (nSPS) is 16.2. The Balaban J connectivity index is 2.21. The molecule has 72 valence electrons. The summed E-state index contributed by atoms with van der Waals surface area (Å²) in [7, 11) is 0. The molecule has 0 bridgehead atoms. The highest BCUT2D eigenvalue weighted by Crippen LogP contribution is 2.14. The molecule has 1 aromatic heterocycles. The first-order valence-electron chi connectivity index (χ1n) is 5.01. The van der Waals surface area contributed by atoms with Gasteiger partial charge in [-0.3, -0.25) is 4.68 Å². The average molecular weight is 179 g/mol. The summed E-state index contributed by atoms with van der Waals surface area (Å²) in [5.74, 6) is 0.680. The number of nitrogens with zero attached hydrogens (tertiary/aromatic N) is 2. The van der Waals surface area contributed by atoms with Crippen LogP contribution in [0.5, 0.6) is 0 Å². The van der Waals surface area contributed by atoms with Crippen molar-refractivity contribution in [1.29, 1.82) is 0 Å². The molecule has 1 aromatic rings. The molecule has 0 atom stereocenters. The van der Waals surface area contributed by atoms with Gasteiger partial charge in [0.1, 0.15) is 0 Å². The first-order chi connectivity index (χ1) is 6.27. The first kappa shape index (κ1) is 8.75. The summed E-state index contributed by atoms with van der Waals surface area (Å²) in [5.41, 5.74) is 2.82. The second-order valence-electron chi connectivity index (χ2n) is 4.12. The maximum atomic E-state index is 4.41. The largest absolute Gasteiger partial charge is 0.312 e. The Hall–Kier alpha value is -0.830.